The van der Waals surface area contributed by atoms with E-state index in [0.29, 0.717) is 28.6 Å². The number of hydrogen-bond donors (Lipinski definition) is 1. The highest BCUT2D eigenvalue weighted by Crippen LogP contribution is 2.44. The number of pyridine rings is 1. The Morgan fingerprint density at radius 3 is 2.63 bits per heavy atom. The zero-order valence-electron chi connectivity index (χ0n) is 21.5. The number of piperidine rings is 1. The van der Waals surface area contributed by atoms with Gasteiger partial charge in [-0.3, -0.25) is 9.78 Å². The molecule has 9 heteroatoms. The predicted molar refractivity (Wildman–Crippen MR) is 154 cm³/mol. The second-order valence-electron chi connectivity index (χ2n) is 9.98. The highest BCUT2D eigenvalue weighted by atomic mass is 35.5. The summed E-state index contributed by atoms with van der Waals surface area (Å²) in [5.74, 6) is 0.787. The minimum Gasteiger partial charge on any atom is -0.497 e. The molecule has 4 rings (SSSR count). The lowest BCUT2D eigenvalue weighted by Gasteiger charge is -2.41. The molecule has 1 atom stereocenters. The van der Waals surface area contributed by atoms with E-state index in [-0.39, 0.29) is 17.9 Å². The molecule has 0 unspecified atom stereocenters. The summed E-state index contributed by atoms with van der Waals surface area (Å²) in [6, 6.07) is 13.2. The van der Waals surface area contributed by atoms with Crippen LogP contribution in [0.3, 0.4) is 0 Å². The van der Waals surface area contributed by atoms with Crippen molar-refractivity contribution >= 4 is 51.8 Å². The monoisotopic (exact) mass is 578 g/mol. The van der Waals surface area contributed by atoms with Gasteiger partial charge in [-0.05, 0) is 105 Å². The summed E-state index contributed by atoms with van der Waals surface area (Å²) in [6.07, 6.45) is 3.44. The maximum Gasteiger partial charge on any atom is 0.303 e. The van der Waals surface area contributed by atoms with E-state index in [1.54, 1.807) is 25.3 Å². The van der Waals surface area contributed by atoms with Crippen LogP contribution in [-0.2, 0) is 4.79 Å². The Balaban J connectivity index is 1.34. The van der Waals surface area contributed by atoms with Gasteiger partial charge < -0.3 is 14.7 Å². The molecule has 1 saturated heterocycles. The number of rotatable bonds is 12. The number of aliphatic carboxylic acids is 1. The Hall–Kier alpha value is -2.06. The third-order valence-corrected chi connectivity index (χ3v) is 9.10. The number of ether oxygens (including phenoxy) is 1. The van der Waals surface area contributed by atoms with Crippen molar-refractivity contribution in [2.45, 2.75) is 49.6 Å². The largest absolute Gasteiger partial charge is 0.497 e. The molecule has 0 amide bonds. The molecule has 5 nitrogen and oxygen atoms in total. The first kappa shape index (κ1) is 28.9. The number of aromatic nitrogens is 1. The van der Waals surface area contributed by atoms with Crippen LogP contribution in [0.15, 0.2) is 53.6 Å². The fraction of sp³-hybridized carbons (Fsp3) is 0.448. The van der Waals surface area contributed by atoms with Crippen molar-refractivity contribution in [3.63, 3.8) is 0 Å². The van der Waals surface area contributed by atoms with Crippen molar-refractivity contribution in [1.29, 1.82) is 0 Å². The van der Waals surface area contributed by atoms with Crippen LogP contribution >= 0.6 is 35.0 Å². The molecule has 1 aliphatic heterocycles. The Morgan fingerprint density at radius 1 is 1.21 bits per heavy atom. The zero-order valence-corrected chi connectivity index (χ0v) is 23.8. The van der Waals surface area contributed by atoms with E-state index in [0.717, 1.165) is 49.7 Å². The summed E-state index contributed by atoms with van der Waals surface area (Å²) in [6.45, 7) is 2.62. The average molecular weight is 580 g/mol. The van der Waals surface area contributed by atoms with Gasteiger partial charge in [0, 0.05) is 27.1 Å². The van der Waals surface area contributed by atoms with Gasteiger partial charge in [0.2, 0.25) is 0 Å². The maximum atomic E-state index is 15.7. The standard InChI is InChI=1S/C29H33Cl2FN2O3S/c1-37-21-5-8-26-23(17-21)28(24(31)19-33-26)25(32)9-10-29(18-27(35)36)11-14-34(15-12-29)13-2-16-38-22-6-3-20(30)4-7-22/h3-8,17,19,25H,2,9-16,18H2,1H3,(H,35,36)/t25-/m0/s1. The Morgan fingerprint density at radius 2 is 1.95 bits per heavy atom. The van der Waals surface area contributed by atoms with Gasteiger partial charge in [-0.15, -0.1) is 11.8 Å². The van der Waals surface area contributed by atoms with Crippen molar-refractivity contribution < 1.29 is 19.0 Å². The number of nitrogens with zero attached hydrogens (tertiary/aromatic N) is 2. The predicted octanol–water partition coefficient (Wildman–Crippen LogP) is 8.08. The van der Waals surface area contributed by atoms with Crippen LogP contribution in [0.4, 0.5) is 4.39 Å². The summed E-state index contributed by atoms with van der Waals surface area (Å²) in [5, 5.41) is 11.3. The summed E-state index contributed by atoms with van der Waals surface area (Å²) in [7, 11) is 1.56. The molecule has 1 fully saturated rings. The minimum atomic E-state index is -1.33. The van der Waals surface area contributed by atoms with Crippen LogP contribution < -0.4 is 4.74 Å². The quantitative estimate of drug-likeness (QED) is 0.173. The smallest absolute Gasteiger partial charge is 0.303 e. The molecule has 0 aliphatic carbocycles. The molecule has 2 heterocycles. The minimum absolute atomic E-state index is 0.0542. The van der Waals surface area contributed by atoms with Crippen LogP contribution in [0.5, 0.6) is 5.75 Å². The molecule has 1 aliphatic rings. The first-order chi connectivity index (χ1) is 18.3. The maximum absolute atomic E-state index is 15.7. The van der Waals surface area contributed by atoms with Crippen molar-refractivity contribution in [2.75, 3.05) is 32.5 Å². The normalized spacial score (nSPS) is 16.4. The van der Waals surface area contributed by atoms with Gasteiger partial charge >= 0.3 is 5.97 Å². The fourth-order valence-corrected chi connectivity index (χ4v) is 6.52. The van der Waals surface area contributed by atoms with Gasteiger partial charge in [0.05, 0.1) is 24.1 Å². The van der Waals surface area contributed by atoms with E-state index in [1.165, 1.54) is 11.1 Å². The Kier molecular flexibility index (Phi) is 10.2. The van der Waals surface area contributed by atoms with Crippen LogP contribution in [0.1, 0.15) is 50.3 Å². The molecule has 0 bridgehead atoms. The van der Waals surface area contributed by atoms with E-state index in [4.69, 9.17) is 27.9 Å². The van der Waals surface area contributed by atoms with E-state index in [9.17, 15) is 9.90 Å². The molecule has 1 N–H and O–H groups in total. The molecule has 38 heavy (non-hydrogen) atoms. The third kappa shape index (κ3) is 7.53. The van der Waals surface area contributed by atoms with Gasteiger partial charge in [-0.2, -0.15) is 0 Å². The van der Waals surface area contributed by atoms with Crippen molar-refractivity contribution in [2.24, 2.45) is 5.41 Å². The van der Waals surface area contributed by atoms with Gasteiger partial charge in [0.1, 0.15) is 11.9 Å². The molecule has 2 aromatic carbocycles. The van der Waals surface area contributed by atoms with Gasteiger partial charge in [-0.1, -0.05) is 23.2 Å². The van der Waals surface area contributed by atoms with Crippen molar-refractivity contribution in [1.82, 2.24) is 9.88 Å². The fourth-order valence-electron chi connectivity index (χ4n) is 5.29. The number of fused-ring (bicyclic) bond motifs is 1. The molecule has 3 aromatic rings. The Bertz CT molecular complexity index is 1240. The van der Waals surface area contributed by atoms with E-state index >= 15 is 4.39 Å². The second kappa shape index (κ2) is 13.3. The second-order valence-corrected chi connectivity index (χ2v) is 12.0. The molecular weight excluding hydrogens is 546 g/mol. The lowest BCUT2D eigenvalue weighted by atomic mass is 9.71. The number of thioether (sulfide) groups is 1. The van der Waals surface area contributed by atoms with Gasteiger partial charge in [0.15, 0.2) is 0 Å². The summed E-state index contributed by atoms with van der Waals surface area (Å²) in [5.41, 5.74) is 0.630. The number of likely N-dealkylation sites (tertiary alicyclic amines) is 1. The van der Waals surface area contributed by atoms with Crippen LogP contribution in [-0.4, -0.2) is 53.5 Å². The average Bonchev–Trinajstić information content (AvgIpc) is 2.91. The third-order valence-electron chi connectivity index (χ3n) is 7.45. The first-order valence-electron chi connectivity index (χ1n) is 12.9. The van der Waals surface area contributed by atoms with E-state index in [2.05, 4.69) is 9.88 Å². The van der Waals surface area contributed by atoms with Crippen LogP contribution in [0, 0.1) is 5.41 Å². The number of alkyl halides is 1. The van der Waals surface area contributed by atoms with Crippen molar-refractivity contribution in [3.8, 4) is 5.75 Å². The number of halogens is 3. The topological polar surface area (TPSA) is 62.7 Å². The SMILES string of the molecule is COc1ccc2ncc(Cl)c([C@@H](F)CCC3(CC(=O)O)CCN(CCCSc4ccc(Cl)cc4)CC3)c2c1. The molecule has 1 aromatic heterocycles. The molecule has 0 radical (unpaired) electrons. The van der Waals surface area contributed by atoms with E-state index in [1.807, 2.05) is 36.0 Å². The number of benzene rings is 2. The van der Waals surface area contributed by atoms with Gasteiger partial charge in [0.25, 0.3) is 0 Å². The highest BCUT2D eigenvalue weighted by Gasteiger charge is 2.37. The summed E-state index contributed by atoms with van der Waals surface area (Å²) in [4.78, 5) is 19.7. The van der Waals surface area contributed by atoms with Crippen LogP contribution in [0.2, 0.25) is 10.0 Å². The number of carboxylic acids is 1. The van der Waals surface area contributed by atoms with E-state index < -0.39 is 17.6 Å². The number of carbonyl (C=O) groups is 1. The number of methoxy groups -OCH3 is 1. The van der Waals surface area contributed by atoms with Gasteiger partial charge in [-0.25, -0.2) is 4.39 Å². The highest BCUT2D eigenvalue weighted by molar-refractivity contribution is 7.99. The number of carboxylic acid groups (broad SMARTS) is 1. The lowest BCUT2D eigenvalue weighted by molar-refractivity contribution is -0.141. The Labute approximate surface area is 237 Å². The molecule has 0 saturated carbocycles. The molecule has 0 spiro atoms. The first-order valence-corrected chi connectivity index (χ1v) is 14.6. The number of hydrogen-bond acceptors (Lipinski definition) is 5. The zero-order chi connectivity index (χ0) is 27.1. The molecule has 204 valence electrons. The lowest BCUT2D eigenvalue weighted by Crippen LogP contribution is -2.41. The van der Waals surface area contributed by atoms with Crippen molar-refractivity contribution in [3.05, 3.63) is 64.3 Å². The summed E-state index contributed by atoms with van der Waals surface area (Å²) >= 11 is 14.2. The summed E-state index contributed by atoms with van der Waals surface area (Å²) < 4.78 is 21.1. The molecular formula is C29H33Cl2FN2O3S. The van der Waals surface area contributed by atoms with Crippen LogP contribution in [0.25, 0.3) is 10.9 Å².